The second-order valence-corrected chi connectivity index (χ2v) is 4.07. The van der Waals surface area contributed by atoms with Crippen molar-refractivity contribution in [3.05, 3.63) is 29.7 Å². The van der Waals surface area contributed by atoms with Gasteiger partial charge in [0.1, 0.15) is 5.82 Å². The van der Waals surface area contributed by atoms with Crippen molar-refractivity contribution in [2.24, 2.45) is 0 Å². The minimum Gasteiger partial charge on any atom is -0.310 e. The van der Waals surface area contributed by atoms with Crippen molar-refractivity contribution < 1.29 is 0 Å². The van der Waals surface area contributed by atoms with Gasteiger partial charge in [0.25, 0.3) is 0 Å². The summed E-state index contributed by atoms with van der Waals surface area (Å²) < 4.78 is 1.83. The van der Waals surface area contributed by atoms with E-state index in [1.807, 2.05) is 17.6 Å². The predicted octanol–water partition coefficient (Wildman–Crippen LogP) is 1.46. The summed E-state index contributed by atoms with van der Waals surface area (Å²) in [6.07, 6.45) is 4.48. The van der Waals surface area contributed by atoms with E-state index in [0.717, 1.165) is 18.0 Å². The van der Waals surface area contributed by atoms with Crippen LogP contribution in [0.3, 0.4) is 0 Å². The first kappa shape index (κ1) is 8.85. The van der Waals surface area contributed by atoms with Crippen molar-refractivity contribution in [3.63, 3.8) is 0 Å². The molecule has 1 aliphatic rings. The normalized spacial score (nSPS) is 21.3. The van der Waals surface area contributed by atoms with Gasteiger partial charge in [-0.2, -0.15) is 5.10 Å². The van der Waals surface area contributed by atoms with Crippen molar-refractivity contribution in [2.45, 2.75) is 25.8 Å². The van der Waals surface area contributed by atoms with Crippen LogP contribution in [0, 0.1) is 6.92 Å². The molecule has 1 aliphatic heterocycles. The van der Waals surface area contributed by atoms with Crippen LogP contribution in [0.15, 0.2) is 18.3 Å². The van der Waals surface area contributed by atoms with E-state index in [-0.39, 0.29) is 0 Å². The van der Waals surface area contributed by atoms with E-state index in [9.17, 15) is 0 Å². The minimum atomic E-state index is 0.506. The molecule has 0 bridgehead atoms. The van der Waals surface area contributed by atoms with Gasteiger partial charge in [-0.3, -0.25) is 0 Å². The summed E-state index contributed by atoms with van der Waals surface area (Å²) in [6.45, 7) is 3.04. The van der Waals surface area contributed by atoms with E-state index >= 15 is 0 Å². The second-order valence-electron chi connectivity index (χ2n) is 4.07. The van der Waals surface area contributed by atoms with Gasteiger partial charge in [0.2, 0.25) is 0 Å². The van der Waals surface area contributed by atoms with Crippen molar-refractivity contribution in [1.82, 2.24) is 19.9 Å². The average molecular weight is 202 g/mol. The molecule has 0 radical (unpaired) electrons. The lowest BCUT2D eigenvalue weighted by atomic mass is 10.1. The van der Waals surface area contributed by atoms with Crippen molar-refractivity contribution in [3.8, 4) is 0 Å². The Morgan fingerprint density at radius 2 is 2.47 bits per heavy atom. The molecule has 1 saturated heterocycles. The van der Waals surface area contributed by atoms with Crippen molar-refractivity contribution in [1.29, 1.82) is 0 Å². The highest BCUT2D eigenvalue weighted by molar-refractivity contribution is 5.41. The third-order valence-electron chi connectivity index (χ3n) is 2.93. The monoisotopic (exact) mass is 202 g/mol. The predicted molar refractivity (Wildman–Crippen MR) is 57.7 cm³/mol. The highest BCUT2D eigenvalue weighted by Gasteiger charge is 2.16. The number of fused-ring (bicyclic) bond motifs is 1. The van der Waals surface area contributed by atoms with Crippen LogP contribution in [-0.2, 0) is 0 Å². The van der Waals surface area contributed by atoms with Gasteiger partial charge >= 0.3 is 0 Å². The topological polar surface area (TPSA) is 42.2 Å². The molecule has 15 heavy (non-hydrogen) atoms. The molecule has 0 aliphatic carbocycles. The molecule has 0 saturated carbocycles. The molecule has 1 fully saturated rings. The van der Waals surface area contributed by atoms with Gasteiger partial charge in [0, 0.05) is 12.2 Å². The molecule has 1 atom stereocenters. The Hall–Kier alpha value is -1.42. The fraction of sp³-hybridized carbons (Fsp3) is 0.455. The Bertz CT molecular complexity index is 482. The minimum absolute atomic E-state index is 0.506. The molecule has 3 heterocycles. The Morgan fingerprint density at radius 3 is 3.27 bits per heavy atom. The maximum absolute atomic E-state index is 4.37. The molecule has 78 valence electrons. The summed E-state index contributed by atoms with van der Waals surface area (Å²) in [4.78, 5) is 4.37. The molecule has 0 aromatic carbocycles. The zero-order valence-corrected chi connectivity index (χ0v) is 8.77. The zero-order valence-electron chi connectivity index (χ0n) is 8.77. The van der Waals surface area contributed by atoms with Crippen LogP contribution in [-0.4, -0.2) is 21.1 Å². The number of nitrogens with one attached hydrogen (secondary N) is 1. The first-order valence-electron chi connectivity index (χ1n) is 5.39. The van der Waals surface area contributed by atoms with Crippen molar-refractivity contribution >= 4 is 5.65 Å². The second kappa shape index (κ2) is 3.31. The van der Waals surface area contributed by atoms with E-state index in [2.05, 4.69) is 27.5 Å². The number of hydrogen-bond donors (Lipinski definition) is 1. The summed E-state index contributed by atoms with van der Waals surface area (Å²) in [6, 6.07) is 4.76. The van der Waals surface area contributed by atoms with Gasteiger partial charge in [-0.05, 0) is 44.0 Å². The molecule has 2 aromatic rings. The van der Waals surface area contributed by atoms with E-state index in [4.69, 9.17) is 0 Å². The SMILES string of the molecule is Cc1nc2cc(C3CCCN3)ccn2n1. The summed E-state index contributed by atoms with van der Waals surface area (Å²) in [7, 11) is 0. The van der Waals surface area contributed by atoms with Crippen LogP contribution in [0.1, 0.15) is 30.3 Å². The van der Waals surface area contributed by atoms with Gasteiger partial charge in [0.15, 0.2) is 5.65 Å². The summed E-state index contributed by atoms with van der Waals surface area (Å²) in [5, 5.41) is 7.75. The van der Waals surface area contributed by atoms with E-state index in [1.54, 1.807) is 0 Å². The highest BCUT2D eigenvalue weighted by atomic mass is 15.3. The molecule has 4 nitrogen and oxygen atoms in total. The summed E-state index contributed by atoms with van der Waals surface area (Å²) >= 11 is 0. The zero-order chi connectivity index (χ0) is 10.3. The summed E-state index contributed by atoms with van der Waals surface area (Å²) in [5.74, 6) is 0.825. The third kappa shape index (κ3) is 1.51. The first-order chi connectivity index (χ1) is 7.33. The lowest BCUT2D eigenvalue weighted by Gasteiger charge is -2.09. The maximum atomic E-state index is 4.37. The largest absolute Gasteiger partial charge is 0.310 e. The Balaban J connectivity index is 2.04. The average Bonchev–Trinajstić information content (AvgIpc) is 2.82. The van der Waals surface area contributed by atoms with Gasteiger partial charge in [-0.15, -0.1) is 0 Å². The van der Waals surface area contributed by atoms with Gasteiger partial charge in [-0.25, -0.2) is 9.50 Å². The van der Waals surface area contributed by atoms with Gasteiger partial charge < -0.3 is 5.32 Å². The first-order valence-corrected chi connectivity index (χ1v) is 5.39. The maximum Gasteiger partial charge on any atom is 0.155 e. The van der Waals surface area contributed by atoms with Gasteiger partial charge in [-0.1, -0.05) is 0 Å². The van der Waals surface area contributed by atoms with Crippen LogP contribution in [0.25, 0.3) is 5.65 Å². The Kier molecular flexibility index (Phi) is 1.95. The number of aryl methyl sites for hydroxylation is 1. The van der Waals surface area contributed by atoms with E-state index in [0.29, 0.717) is 6.04 Å². The van der Waals surface area contributed by atoms with Crippen LogP contribution in [0.4, 0.5) is 0 Å². The van der Waals surface area contributed by atoms with Gasteiger partial charge in [0.05, 0.1) is 0 Å². The number of rotatable bonds is 1. The van der Waals surface area contributed by atoms with E-state index in [1.165, 1.54) is 18.4 Å². The fourth-order valence-electron chi connectivity index (χ4n) is 2.19. The molecule has 1 unspecified atom stereocenters. The quantitative estimate of drug-likeness (QED) is 0.761. The van der Waals surface area contributed by atoms with Crippen LogP contribution in [0.2, 0.25) is 0 Å². The fourth-order valence-corrected chi connectivity index (χ4v) is 2.19. The molecular weight excluding hydrogens is 188 g/mol. The molecule has 1 N–H and O–H groups in total. The molecule has 0 amide bonds. The standard InChI is InChI=1S/C11H14N4/c1-8-13-11-7-9(4-6-15(11)14-8)10-3-2-5-12-10/h4,6-7,10,12H,2-3,5H2,1H3. The Morgan fingerprint density at radius 1 is 1.53 bits per heavy atom. The number of nitrogens with zero attached hydrogens (tertiary/aromatic N) is 3. The lowest BCUT2D eigenvalue weighted by Crippen LogP contribution is -2.12. The molecule has 2 aromatic heterocycles. The molecule has 3 rings (SSSR count). The Labute approximate surface area is 88.3 Å². The summed E-state index contributed by atoms with van der Waals surface area (Å²) in [5.41, 5.74) is 2.27. The van der Waals surface area contributed by atoms with Crippen LogP contribution in [0.5, 0.6) is 0 Å². The third-order valence-corrected chi connectivity index (χ3v) is 2.93. The number of aromatic nitrogens is 3. The van der Waals surface area contributed by atoms with Crippen molar-refractivity contribution in [2.75, 3.05) is 6.54 Å². The molecule has 4 heteroatoms. The smallest absolute Gasteiger partial charge is 0.155 e. The molecular formula is C11H14N4. The lowest BCUT2D eigenvalue weighted by molar-refractivity contribution is 0.646. The molecule has 0 spiro atoms. The highest BCUT2D eigenvalue weighted by Crippen LogP contribution is 2.23. The van der Waals surface area contributed by atoms with Crippen LogP contribution >= 0.6 is 0 Å². The number of pyridine rings is 1. The van der Waals surface area contributed by atoms with E-state index < -0.39 is 0 Å². The van der Waals surface area contributed by atoms with Crippen LogP contribution < -0.4 is 5.32 Å². The number of hydrogen-bond acceptors (Lipinski definition) is 3.